The zero-order valence-corrected chi connectivity index (χ0v) is 12.6. The van der Waals surface area contributed by atoms with Crippen LogP contribution in [-0.4, -0.2) is 10.9 Å². The van der Waals surface area contributed by atoms with Gasteiger partial charge in [-0.1, -0.05) is 6.07 Å². The molecule has 0 unspecified atom stereocenters. The van der Waals surface area contributed by atoms with E-state index in [4.69, 9.17) is 5.73 Å². The van der Waals surface area contributed by atoms with Crippen LogP contribution in [0.3, 0.4) is 0 Å². The van der Waals surface area contributed by atoms with Crippen LogP contribution in [0, 0.1) is 0 Å². The number of halogens is 1. The van der Waals surface area contributed by atoms with Crippen LogP contribution in [0.1, 0.15) is 10.4 Å². The second-order valence-electron chi connectivity index (χ2n) is 4.60. The minimum absolute atomic E-state index is 0.211. The van der Waals surface area contributed by atoms with Gasteiger partial charge in [-0.15, -0.1) is 0 Å². The molecule has 3 N–H and O–H groups in total. The molecule has 0 radical (unpaired) electrons. The molecule has 5 heteroatoms. The fourth-order valence-electron chi connectivity index (χ4n) is 2.07. The van der Waals surface area contributed by atoms with Crippen LogP contribution in [0.2, 0.25) is 0 Å². The minimum Gasteiger partial charge on any atom is -0.399 e. The van der Waals surface area contributed by atoms with E-state index in [1.54, 1.807) is 24.4 Å². The highest BCUT2D eigenvalue weighted by Gasteiger charge is 2.11. The summed E-state index contributed by atoms with van der Waals surface area (Å²) in [6.07, 6.45) is 1.74. The third kappa shape index (κ3) is 2.87. The number of nitrogens with two attached hydrogens (primary N) is 1. The van der Waals surface area contributed by atoms with Gasteiger partial charge in [-0.2, -0.15) is 0 Å². The molecule has 21 heavy (non-hydrogen) atoms. The highest BCUT2D eigenvalue weighted by molar-refractivity contribution is 9.10. The van der Waals surface area contributed by atoms with Crippen LogP contribution in [0.25, 0.3) is 10.9 Å². The van der Waals surface area contributed by atoms with Crippen LogP contribution in [0.4, 0.5) is 11.4 Å². The number of pyridine rings is 1. The second kappa shape index (κ2) is 5.54. The van der Waals surface area contributed by atoms with Crippen LogP contribution in [0.15, 0.2) is 59.2 Å². The summed E-state index contributed by atoms with van der Waals surface area (Å²) in [6, 6.07) is 14.5. The van der Waals surface area contributed by atoms with E-state index >= 15 is 0 Å². The van der Waals surface area contributed by atoms with Gasteiger partial charge in [0.15, 0.2) is 0 Å². The Bertz CT molecular complexity index is 833. The Hall–Kier alpha value is -2.40. The number of hydrogen-bond donors (Lipinski definition) is 2. The van der Waals surface area contributed by atoms with Crippen molar-refractivity contribution in [2.75, 3.05) is 11.1 Å². The van der Waals surface area contributed by atoms with Gasteiger partial charge >= 0.3 is 0 Å². The minimum atomic E-state index is -0.211. The summed E-state index contributed by atoms with van der Waals surface area (Å²) < 4.78 is 0.705. The number of nitrogens with zero attached hydrogens (tertiary/aromatic N) is 1. The first kappa shape index (κ1) is 13.6. The number of carbonyl (C=O) groups excluding carboxylic acids is 1. The third-order valence-electron chi connectivity index (χ3n) is 3.10. The molecule has 1 amide bonds. The number of nitrogens with one attached hydrogen (secondary N) is 1. The van der Waals surface area contributed by atoms with Crippen molar-refractivity contribution in [2.24, 2.45) is 0 Å². The van der Waals surface area contributed by atoms with Crippen molar-refractivity contribution in [3.05, 3.63) is 64.8 Å². The molecule has 104 valence electrons. The summed E-state index contributed by atoms with van der Waals surface area (Å²) in [5.74, 6) is -0.211. The standard InChI is InChI=1S/C16H12BrN3O/c17-14-5-3-11(18)9-13(14)16(21)20-12-4-6-15-10(8-12)2-1-7-19-15/h1-9H,18H2,(H,20,21). The normalized spacial score (nSPS) is 10.5. The lowest BCUT2D eigenvalue weighted by molar-refractivity contribution is 0.102. The molecule has 0 aliphatic heterocycles. The average Bonchev–Trinajstić information content (AvgIpc) is 2.49. The zero-order chi connectivity index (χ0) is 14.8. The van der Waals surface area contributed by atoms with Gasteiger partial charge in [-0.3, -0.25) is 9.78 Å². The molecule has 2 aromatic carbocycles. The monoisotopic (exact) mass is 341 g/mol. The predicted octanol–water partition coefficient (Wildman–Crippen LogP) is 3.83. The first-order chi connectivity index (χ1) is 10.1. The smallest absolute Gasteiger partial charge is 0.256 e. The fourth-order valence-corrected chi connectivity index (χ4v) is 2.50. The molecule has 0 saturated carbocycles. The Labute approximate surface area is 130 Å². The van der Waals surface area contributed by atoms with E-state index < -0.39 is 0 Å². The Kier molecular flexibility index (Phi) is 3.58. The first-order valence-corrected chi connectivity index (χ1v) is 7.14. The molecule has 0 fully saturated rings. The summed E-state index contributed by atoms with van der Waals surface area (Å²) in [5.41, 5.74) is 8.38. The van der Waals surface area contributed by atoms with Crippen molar-refractivity contribution >= 4 is 44.1 Å². The molecule has 0 aliphatic rings. The zero-order valence-electron chi connectivity index (χ0n) is 11.0. The van der Waals surface area contributed by atoms with Gasteiger partial charge in [0.25, 0.3) is 5.91 Å². The van der Waals surface area contributed by atoms with Crippen LogP contribution in [0.5, 0.6) is 0 Å². The largest absolute Gasteiger partial charge is 0.399 e. The number of fused-ring (bicyclic) bond motifs is 1. The average molecular weight is 342 g/mol. The van der Waals surface area contributed by atoms with Crippen molar-refractivity contribution in [1.29, 1.82) is 0 Å². The van der Waals surface area contributed by atoms with Crippen molar-refractivity contribution < 1.29 is 4.79 Å². The predicted molar refractivity (Wildman–Crippen MR) is 88.3 cm³/mol. The van der Waals surface area contributed by atoms with Crippen molar-refractivity contribution in [3.8, 4) is 0 Å². The van der Waals surface area contributed by atoms with E-state index in [0.29, 0.717) is 15.7 Å². The lowest BCUT2D eigenvalue weighted by Crippen LogP contribution is -2.13. The van der Waals surface area contributed by atoms with Crippen molar-refractivity contribution in [2.45, 2.75) is 0 Å². The molecule has 0 spiro atoms. The molecule has 3 rings (SSSR count). The molecule has 1 heterocycles. The maximum atomic E-state index is 12.3. The number of benzene rings is 2. The number of anilines is 2. The SMILES string of the molecule is Nc1ccc(Br)c(C(=O)Nc2ccc3ncccc3c2)c1. The topological polar surface area (TPSA) is 68.0 Å². The molecule has 0 aliphatic carbocycles. The van der Waals surface area contributed by atoms with Gasteiger partial charge < -0.3 is 11.1 Å². The molecule has 3 aromatic rings. The molecule has 0 saturated heterocycles. The summed E-state index contributed by atoms with van der Waals surface area (Å²) in [5, 5.41) is 3.84. The lowest BCUT2D eigenvalue weighted by Gasteiger charge is -2.08. The van der Waals surface area contributed by atoms with Crippen LogP contribution >= 0.6 is 15.9 Å². The van der Waals surface area contributed by atoms with E-state index in [1.165, 1.54) is 0 Å². The summed E-state index contributed by atoms with van der Waals surface area (Å²) >= 11 is 3.36. The number of amides is 1. The number of nitrogen functional groups attached to an aromatic ring is 1. The van der Waals surface area contributed by atoms with E-state index in [-0.39, 0.29) is 5.91 Å². The van der Waals surface area contributed by atoms with E-state index in [1.807, 2.05) is 30.3 Å². The third-order valence-corrected chi connectivity index (χ3v) is 3.79. The Morgan fingerprint density at radius 1 is 1.14 bits per heavy atom. The second-order valence-corrected chi connectivity index (χ2v) is 5.46. The molecule has 1 aromatic heterocycles. The highest BCUT2D eigenvalue weighted by Crippen LogP contribution is 2.22. The molecule has 4 nitrogen and oxygen atoms in total. The number of hydrogen-bond acceptors (Lipinski definition) is 3. The van der Waals surface area contributed by atoms with Crippen molar-refractivity contribution in [1.82, 2.24) is 4.98 Å². The van der Waals surface area contributed by atoms with Crippen LogP contribution < -0.4 is 11.1 Å². The molecule has 0 bridgehead atoms. The van der Waals surface area contributed by atoms with Gasteiger partial charge in [0, 0.05) is 27.4 Å². The lowest BCUT2D eigenvalue weighted by atomic mass is 10.1. The summed E-state index contributed by atoms with van der Waals surface area (Å²) in [7, 11) is 0. The number of rotatable bonds is 2. The highest BCUT2D eigenvalue weighted by atomic mass is 79.9. The van der Waals surface area contributed by atoms with Crippen LogP contribution in [-0.2, 0) is 0 Å². The maximum Gasteiger partial charge on any atom is 0.256 e. The summed E-state index contributed by atoms with van der Waals surface area (Å²) in [6.45, 7) is 0. The molecular weight excluding hydrogens is 330 g/mol. The Morgan fingerprint density at radius 2 is 2.00 bits per heavy atom. The molecule has 0 atom stereocenters. The first-order valence-electron chi connectivity index (χ1n) is 6.34. The quantitative estimate of drug-likeness (QED) is 0.696. The maximum absolute atomic E-state index is 12.3. The number of carbonyl (C=O) groups is 1. The van der Waals surface area contributed by atoms with E-state index in [2.05, 4.69) is 26.2 Å². The van der Waals surface area contributed by atoms with Crippen molar-refractivity contribution in [3.63, 3.8) is 0 Å². The Balaban J connectivity index is 1.90. The summed E-state index contributed by atoms with van der Waals surface area (Å²) in [4.78, 5) is 16.6. The van der Waals surface area contributed by atoms with Gasteiger partial charge in [-0.25, -0.2) is 0 Å². The van der Waals surface area contributed by atoms with E-state index in [9.17, 15) is 4.79 Å². The fraction of sp³-hybridized carbons (Fsp3) is 0. The van der Waals surface area contributed by atoms with Gasteiger partial charge in [0.1, 0.15) is 0 Å². The Morgan fingerprint density at radius 3 is 2.86 bits per heavy atom. The van der Waals surface area contributed by atoms with Gasteiger partial charge in [0.05, 0.1) is 11.1 Å². The molecular formula is C16H12BrN3O. The number of aromatic nitrogens is 1. The van der Waals surface area contributed by atoms with Gasteiger partial charge in [-0.05, 0) is 58.4 Å². The van der Waals surface area contributed by atoms with Gasteiger partial charge in [0.2, 0.25) is 0 Å². The van der Waals surface area contributed by atoms with E-state index in [0.717, 1.165) is 16.6 Å².